The number of anilines is 2. The van der Waals surface area contributed by atoms with Crippen LogP contribution in [-0.4, -0.2) is 34.5 Å². The summed E-state index contributed by atoms with van der Waals surface area (Å²) < 4.78 is 25.9. The molecule has 0 spiro atoms. The van der Waals surface area contributed by atoms with Gasteiger partial charge in [-0.2, -0.15) is 4.98 Å². The highest BCUT2D eigenvalue weighted by atomic mass is 19.1. The van der Waals surface area contributed by atoms with Crippen LogP contribution in [0.25, 0.3) is 17.1 Å². The Morgan fingerprint density at radius 3 is 2.48 bits per heavy atom. The number of carbonyl (C=O) groups is 1. The Hall–Kier alpha value is -4.40. The van der Waals surface area contributed by atoms with Gasteiger partial charge < -0.3 is 20.1 Å². The first kappa shape index (κ1) is 21.8. The lowest BCUT2D eigenvalue weighted by molar-refractivity contribution is 0.262. The van der Waals surface area contributed by atoms with Crippen molar-refractivity contribution < 1.29 is 18.7 Å². The molecule has 0 fully saturated rings. The van der Waals surface area contributed by atoms with Crippen LogP contribution in [0.4, 0.5) is 20.6 Å². The van der Waals surface area contributed by atoms with Gasteiger partial charge in [-0.1, -0.05) is 18.2 Å². The third-order valence-corrected chi connectivity index (χ3v) is 4.64. The average Bonchev–Trinajstić information content (AvgIpc) is 3.24. The van der Waals surface area contributed by atoms with Crippen LogP contribution in [0.15, 0.2) is 72.8 Å². The van der Waals surface area contributed by atoms with Crippen LogP contribution in [0.2, 0.25) is 0 Å². The van der Waals surface area contributed by atoms with Crippen molar-refractivity contribution in [2.45, 2.75) is 6.92 Å². The van der Waals surface area contributed by atoms with Crippen molar-refractivity contribution in [2.75, 3.05) is 24.4 Å². The molecular weight excluding hydrogens is 425 g/mol. The SMILES string of the molecule is CCOc1nc(-c2cccc(F)c2)n(-c2ccc(NC(=O)Nc3cccc(OC)c3)cc2)n1. The van der Waals surface area contributed by atoms with Crippen LogP contribution >= 0.6 is 0 Å². The molecule has 0 aliphatic heterocycles. The number of hydrogen-bond acceptors (Lipinski definition) is 5. The molecule has 0 atom stereocenters. The first-order valence-corrected chi connectivity index (χ1v) is 10.2. The topological polar surface area (TPSA) is 90.3 Å². The molecule has 8 nitrogen and oxygen atoms in total. The van der Waals surface area contributed by atoms with Crippen molar-refractivity contribution >= 4 is 17.4 Å². The highest BCUT2D eigenvalue weighted by Crippen LogP contribution is 2.25. The summed E-state index contributed by atoms with van der Waals surface area (Å²) >= 11 is 0. The summed E-state index contributed by atoms with van der Waals surface area (Å²) in [5, 5.41) is 9.92. The van der Waals surface area contributed by atoms with Crippen LogP contribution in [0.5, 0.6) is 11.8 Å². The maximum Gasteiger partial charge on any atom is 0.336 e. The zero-order chi connectivity index (χ0) is 23.2. The second-order valence-electron chi connectivity index (χ2n) is 6.93. The number of ether oxygens (including phenoxy) is 2. The van der Waals surface area contributed by atoms with Crippen molar-refractivity contribution in [3.05, 3.63) is 78.6 Å². The molecule has 3 aromatic carbocycles. The Balaban J connectivity index is 1.53. The molecule has 2 N–H and O–H groups in total. The molecule has 33 heavy (non-hydrogen) atoms. The fraction of sp³-hybridized carbons (Fsp3) is 0.125. The molecule has 0 unspecified atom stereocenters. The van der Waals surface area contributed by atoms with Gasteiger partial charge >= 0.3 is 12.0 Å². The number of methoxy groups -OCH3 is 1. The van der Waals surface area contributed by atoms with Crippen LogP contribution < -0.4 is 20.1 Å². The molecule has 0 saturated carbocycles. The van der Waals surface area contributed by atoms with Gasteiger partial charge in [-0.15, -0.1) is 5.10 Å². The van der Waals surface area contributed by atoms with Gasteiger partial charge in [-0.3, -0.25) is 0 Å². The molecule has 0 saturated heterocycles. The molecule has 0 bridgehead atoms. The summed E-state index contributed by atoms with van der Waals surface area (Å²) in [6.45, 7) is 2.23. The molecule has 4 rings (SSSR count). The van der Waals surface area contributed by atoms with Crippen molar-refractivity contribution in [3.8, 4) is 28.8 Å². The summed E-state index contributed by atoms with van der Waals surface area (Å²) in [4.78, 5) is 16.7. The van der Waals surface area contributed by atoms with Gasteiger partial charge in [0.25, 0.3) is 0 Å². The van der Waals surface area contributed by atoms with Gasteiger partial charge in [0.15, 0.2) is 5.82 Å². The minimum atomic E-state index is -0.393. The monoisotopic (exact) mass is 447 g/mol. The quantitative estimate of drug-likeness (QED) is 0.410. The number of nitrogens with zero attached hydrogens (tertiary/aromatic N) is 3. The lowest BCUT2D eigenvalue weighted by atomic mass is 10.2. The van der Waals surface area contributed by atoms with Crippen LogP contribution in [0.3, 0.4) is 0 Å². The van der Waals surface area contributed by atoms with E-state index in [4.69, 9.17) is 9.47 Å². The number of hydrogen-bond donors (Lipinski definition) is 2. The van der Waals surface area contributed by atoms with E-state index in [0.717, 1.165) is 0 Å². The van der Waals surface area contributed by atoms with E-state index < -0.39 is 6.03 Å². The van der Waals surface area contributed by atoms with Crippen molar-refractivity contribution in [3.63, 3.8) is 0 Å². The lowest BCUT2D eigenvalue weighted by Gasteiger charge is -2.10. The average molecular weight is 447 g/mol. The fourth-order valence-corrected chi connectivity index (χ4v) is 3.16. The molecule has 9 heteroatoms. The van der Waals surface area contributed by atoms with Crippen LogP contribution in [0.1, 0.15) is 6.92 Å². The second-order valence-corrected chi connectivity index (χ2v) is 6.93. The summed E-state index contributed by atoms with van der Waals surface area (Å²) in [5.74, 6) is 0.710. The van der Waals surface area contributed by atoms with Gasteiger partial charge in [0, 0.05) is 23.0 Å². The molecule has 4 aromatic rings. The summed E-state index contributed by atoms with van der Waals surface area (Å²) in [6.07, 6.45) is 0. The molecule has 1 heterocycles. The Bertz CT molecular complexity index is 1260. The number of nitrogens with one attached hydrogen (secondary N) is 2. The van der Waals surface area contributed by atoms with E-state index in [-0.39, 0.29) is 11.8 Å². The first-order chi connectivity index (χ1) is 16.1. The van der Waals surface area contributed by atoms with E-state index in [2.05, 4.69) is 20.7 Å². The normalized spacial score (nSPS) is 10.5. The maximum atomic E-state index is 13.8. The van der Waals surface area contributed by atoms with E-state index in [1.807, 2.05) is 6.92 Å². The predicted octanol–water partition coefficient (Wildman–Crippen LogP) is 5.12. The van der Waals surface area contributed by atoms with E-state index in [1.165, 1.54) is 12.1 Å². The van der Waals surface area contributed by atoms with Crippen LogP contribution in [0, 0.1) is 5.82 Å². The summed E-state index contributed by atoms with van der Waals surface area (Å²) in [7, 11) is 1.56. The third-order valence-electron chi connectivity index (χ3n) is 4.64. The highest BCUT2D eigenvalue weighted by molar-refractivity contribution is 5.99. The fourth-order valence-electron chi connectivity index (χ4n) is 3.16. The van der Waals surface area contributed by atoms with Gasteiger partial charge in [-0.25, -0.2) is 13.9 Å². The second kappa shape index (κ2) is 9.82. The summed E-state index contributed by atoms with van der Waals surface area (Å²) in [6, 6.07) is 20.0. The number of benzene rings is 3. The third kappa shape index (κ3) is 5.27. The van der Waals surface area contributed by atoms with Crippen molar-refractivity contribution in [1.29, 1.82) is 0 Å². The molecule has 2 amide bonds. The Labute approximate surface area is 190 Å². The minimum absolute atomic E-state index is 0.191. The largest absolute Gasteiger partial charge is 0.497 e. The van der Waals surface area contributed by atoms with E-state index in [1.54, 1.807) is 72.5 Å². The molecule has 0 aliphatic carbocycles. The Morgan fingerprint density at radius 2 is 1.76 bits per heavy atom. The van der Waals surface area contributed by atoms with Crippen LogP contribution in [-0.2, 0) is 0 Å². The summed E-state index contributed by atoms with van der Waals surface area (Å²) in [5.41, 5.74) is 2.42. The zero-order valence-corrected chi connectivity index (χ0v) is 18.1. The molecule has 1 aromatic heterocycles. The highest BCUT2D eigenvalue weighted by Gasteiger charge is 2.15. The molecular formula is C24H22FN5O3. The molecule has 168 valence electrons. The first-order valence-electron chi connectivity index (χ1n) is 10.2. The van der Waals surface area contributed by atoms with Gasteiger partial charge in [-0.05, 0) is 55.5 Å². The Morgan fingerprint density at radius 1 is 1.00 bits per heavy atom. The smallest absolute Gasteiger partial charge is 0.336 e. The Kier molecular flexibility index (Phi) is 6.49. The number of urea groups is 1. The van der Waals surface area contributed by atoms with Gasteiger partial charge in [0.2, 0.25) is 0 Å². The van der Waals surface area contributed by atoms with Gasteiger partial charge in [0.1, 0.15) is 11.6 Å². The predicted molar refractivity (Wildman–Crippen MR) is 124 cm³/mol. The number of rotatable bonds is 7. The minimum Gasteiger partial charge on any atom is -0.497 e. The van der Waals surface area contributed by atoms with E-state index in [9.17, 15) is 9.18 Å². The lowest BCUT2D eigenvalue weighted by Crippen LogP contribution is -2.19. The number of halogens is 1. The van der Waals surface area contributed by atoms with Gasteiger partial charge in [0.05, 0.1) is 19.4 Å². The molecule has 0 aliphatic rings. The number of carbonyl (C=O) groups excluding carboxylic acids is 1. The van der Waals surface area contributed by atoms with Crippen molar-refractivity contribution in [1.82, 2.24) is 14.8 Å². The van der Waals surface area contributed by atoms with E-state index in [0.29, 0.717) is 40.8 Å². The van der Waals surface area contributed by atoms with Crippen molar-refractivity contribution in [2.24, 2.45) is 0 Å². The maximum absolute atomic E-state index is 13.8. The number of amides is 2. The zero-order valence-electron chi connectivity index (χ0n) is 18.1. The molecule has 0 radical (unpaired) electrons. The van der Waals surface area contributed by atoms with E-state index >= 15 is 0 Å². The number of aromatic nitrogens is 3. The standard InChI is InChI=1S/C24H22FN5O3/c1-3-33-24-28-22(16-6-4-7-17(25)14-16)30(29-24)20-12-10-18(11-13-20)26-23(31)27-19-8-5-9-21(15-19)32-2/h4-15H,3H2,1-2H3,(H2,26,27,31).